The van der Waals surface area contributed by atoms with Crippen molar-refractivity contribution in [3.05, 3.63) is 35.9 Å². The van der Waals surface area contributed by atoms with Crippen LogP contribution in [0.2, 0.25) is 0 Å². The molecule has 1 aromatic rings. The van der Waals surface area contributed by atoms with Crippen LogP contribution in [0.25, 0.3) is 0 Å². The molecular weight excluding hydrogens is 242 g/mol. The van der Waals surface area contributed by atoms with Gasteiger partial charge in [-0.15, -0.1) is 0 Å². The zero-order chi connectivity index (χ0) is 13.2. The zero-order valence-corrected chi connectivity index (χ0v) is 12.5. The summed E-state index contributed by atoms with van der Waals surface area (Å²) < 4.78 is 5.10. The molecule has 2 unspecified atom stereocenters. The molecule has 1 rings (SSSR count). The average molecular weight is 267 g/mol. The van der Waals surface area contributed by atoms with E-state index >= 15 is 0 Å². The van der Waals surface area contributed by atoms with Crippen molar-refractivity contribution < 1.29 is 4.74 Å². The van der Waals surface area contributed by atoms with E-state index < -0.39 is 0 Å². The fraction of sp³-hybridized carbons (Fsp3) is 0.600. The second-order valence-corrected chi connectivity index (χ2v) is 5.69. The number of methoxy groups -OCH3 is 1. The maximum Gasteiger partial charge on any atom is 0.0470 e. The largest absolute Gasteiger partial charge is 0.385 e. The molecule has 0 fully saturated rings. The Hall–Kier alpha value is -0.510. The first-order valence-corrected chi connectivity index (χ1v) is 7.71. The van der Waals surface area contributed by atoms with E-state index in [1.54, 1.807) is 7.11 Å². The van der Waals surface area contributed by atoms with Gasteiger partial charge in [-0.1, -0.05) is 37.3 Å². The van der Waals surface area contributed by atoms with E-state index in [0.717, 1.165) is 18.8 Å². The number of thioether (sulfide) groups is 1. The Bertz CT molecular complexity index is 305. The smallest absolute Gasteiger partial charge is 0.0470 e. The minimum absolute atomic E-state index is 0.434. The first kappa shape index (κ1) is 15.5. The van der Waals surface area contributed by atoms with Crippen molar-refractivity contribution in [3.8, 4) is 0 Å². The first-order chi connectivity index (χ1) is 8.83. The molecule has 2 atom stereocenters. The van der Waals surface area contributed by atoms with Crippen molar-refractivity contribution >= 4 is 11.8 Å². The molecule has 0 radical (unpaired) electrons. The lowest BCUT2D eigenvalue weighted by atomic mass is 10.0. The second kappa shape index (κ2) is 9.42. The molecular formula is C15H25NOS. The highest BCUT2D eigenvalue weighted by Gasteiger charge is 2.19. The van der Waals surface area contributed by atoms with Crippen LogP contribution in [0.1, 0.15) is 31.4 Å². The number of hydrogen-bond donors (Lipinski definition) is 1. The molecule has 0 spiro atoms. The van der Waals surface area contributed by atoms with Crippen LogP contribution in [0, 0.1) is 0 Å². The van der Waals surface area contributed by atoms with Gasteiger partial charge < -0.3 is 10.1 Å². The Morgan fingerprint density at radius 3 is 2.56 bits per heavy atom. The summed E-state index contributed by atoms with van der Waals surface area (Å²) in [6.45, 7) is 3.13. The van der Waals surface area contributed by atoms with Gasteiger partial charge in [0.05, 0.1) is 0 Å². The Kier molecular flexibility index (Phi) is 8.14. The van der Waals surface area contributed by atoms with Crippen LogP contribution in [-0.2, 0) is 4.74 Å². The molecule has 0 aromatic heterocycles. The molecule has 18 heavy (non-hydrogen) atoms. The second-order valence-electron chi connectivity index (χ2n) is 4.34. The van der Waals surface area contributed by atoms with Crippen molar-refractivity contribution in [2.75, 3.05) is 26.5 Å². The zero-order valence-electron chi connectivity index (χ0n) is 11.7. The van der Waals surface area contributed by atoms with Gasteiger partial charge in [-0.05, 0) is 31.2 Å². The summed E-state index contributed by atoms with van der Waals surface area (Å²) in [5.41, 5.74) is 1.38. The SMILES string of the molecule is CCC(SCCCOC)C(NC)c1ccccc1. The molecule has 0 bridgehead atoms. The average Bonchev–Trinajstić information content (AvgIpc) is 2.43. The summed E-state index contributed by atoms with van der Waals surface area (Å²) in [7, 11) is 3.82. The van der Waals surface area contributed by atoms with Gasteiger partial charge in [0.25, 0.3) is 0 Å². The molecule has 0 saturated heterocycles. The van der Waals surface area contributed by atoms with Crippen LogP contribution < -0.4 is 5.32 Å². The monoisotopic (exact) mass is 267 g/mol. The molecule has 102 valence electrons. The third kappa shape index (κ3) is 5.01. The quantitative estimate of drug-likeness (QED) is 0.692. The van der Waals surface area contributed by atoms with Gasteiger partial charge in [0.15, 0.2) is 0 Å². The molecule has 0 aliphatic heterocycles. The Morgan fingerprint density at radius 2 is 2.00 bits per heavy atom. The van der Waals surface area contributed by atoms with E-state index in [0.29, 0.717) is 11.3 Å². The Labute approximate surface area is 116 Å². The van der Waals surface area contributed by atoms with E-state index in [-0.39, 0.29) is 0 Å². The van der Waals surface area contributed by atoms with Crippen molar-refractivity contribution in [1.29, 1.82) is 0 Å². The van der Waals surface area contributed by atoms with E-state index in [1.807, 2.05) is 11.8 Å². The predicted octanol–water partition coefficient (Wildman–Crippen LogP) is 3.50. The van der Waals surface area contributed by atoms with Crippen LogP contribution in [0.4, 0.5) is 0 Å². The van der Waals surface area contributed by atoms with Gasteiger partial charge >= 0.3 is 0 Å². The van der Waals surface area contributed by atoms with E-state index in [2.05, 4.69) is 49.6 Å². The van der Waals surface area contributed by atoms with Crippen LogP contribution in [0.15, 0.2) is 30.3 Å². The molecule has 0 aliphatic carbocycles. The maximum absolute atomic E-state index is 5.10. The van der Waals surface area contributed by atoms with Gasteiger partial charge in [-0.2, -0.15) is 11.8 Å². The lowest BCUT2D eigenvalue weighted by Gasteiger charge is -2.26. The predicted molar refractivity (Wildman–Crippen MR) is 81.3 cm³/mol. The molecule has 1 N–H and O–H groups in total. The normalized spacial score (nSPS) is 14.4. The Balaban J connectivity index is 2.55. The summed E-state index contributed by atoms with van der Waals surface area (Å²) in [5, 5.41) is 4.08. The summed E-state index contributed by atoms with van der Waals surface area (Å²) in [4.78, 5) is 0. The molecule has 0 saturated carbocycles. The molecule has 0 amide bonds. The van der Waals surface area contributed by atoms with Crippen LogP contribution in [0.3, 0.4) is 0 Å². The van der Waals surface area contributed by atoms with Gasteiger partial charge in [-0.3, -0.25) is 0 Å². The number of nitrogens with one attached hydrogen (secondary N) is 1. The minimum Gasteiger partial charge on any atom is -0.385 e. The van der Waals surface area contributed by atoms with E-state index in [9.17, 15) is 0 Å². The highest BCUT2D eigenvalue weighted by Crippen LogP contribution is 2.29. The summed E-state index contributed by atoms with van der Waals surface area (Å²) in [5.74, 6) is 1.16. The van der Waals surface area contributed by atoms with Crippen LogP contribution in [0.5, 0.6) is 0 Å². The van der Waals surface area contributed by atoms with Crippen molar-refractivity contribution in [3.63, 3.8) is 0 Å². The number of ether oxygens (including phenoxy) is 1. The first-order valence-electron chi connectivity index (χ1n) is 6.66. The van der Waals surface area contributed by atoms with Crippen molar-refractivity contribution in [2.24, 2.45) is 0 Å². The number of hydrogen-bond acceptors (Lipinski definition) is 3. The molecule has 1 aromatic carbocycles. The van der Waals surface area contributed by atoms with Crippen molar-refractivity contribution in [2.45, 2.75) is 31.1 Å². The fourth-order valence-electron chi connectivity index (χ4n) is 2.12. The standard InChI is InChI=1S/C15H25NOS/c1-4-14(18-12-8-11-17-3)15(16-2)13-9-6-5-7-10-13/h5-7,9-10,14-16H,4,8,11-12H2,1-3H3. The van der Waals surface area contributed by atoms with Crippen molar-refractivity contribution in [1.82, 2.24) is 5.32 Å². The van der Waals surface area contributed by atoms with Gasteiger partial charge in [0.2, 0.25) is 0 Å². The Morgan fingerprint density at radius 1 is 1.28 bits per heavy atom. The molecule has 3 heteroatoms. The molecule has 0 heterocycles. The fourth-order valence-corrected chi connectivity index (χ4v) is 3.42. The van der Waals surface area contributed by atoms with Gasteiger partial charge in [-0.25, -0.2) is 0 Å². The maximum atomic E-state index is 5.10. The number of benzene rings is 1. The van der Waals surface area contributed by atoms with Crippen LogP contribution in [-0.4, -0.2) is 31.8 Å². The molecule has 0 aliphatic rings. The van der Waals surface area contributed by atoms with E-state index in [4.69, 9.17) is 4.74 Å². The third-order valence-electron chi connectivity index (χ3n) is 3.07. The lowest BCUT2D eigenvalue weighted by Crippen LogP contribution is -2.27. The topological polar surface area (TPSA) is 21.3 Å². The highest BCUT2D eigenvalue weighted by atomic mass is 32.2. The summed E-state index contributed by atoms with van der Waals surface area (Å²) >= 11 is 2.05. The summed E-state index contributed by atoms with van der Waals surface area (Å²) in [6.07, 6.45) is 2.31. The highest BCUT2D eigenvalue weighted by molar-refractivity contribution is 7.99. The van der Waals surface area contributed by atoms with Crippen LogP contribution >= 0.6 is 11.8 Å². The van der Waals surface area contributed by atoms with Gasteiger partial charge in [0.1, 0.15) is 0 Å². The number of rotatable bonds is 9. The third-order valence-corrected chi connectivity index (χ3v) is 4.63. The van der Waals surface area contributed by atoms with E-state index in [1.165, 1.54) is 12.0 Å². The molecule has 2 nitrogen and oxygen atoms in total. The lowest BCUT2D eigenvalue weighted by molar-refractivity contribution is 0.200. The summed E-state index contributed by atoms with van der Waals surface area (Å²) in [6, 6.07) is 11.1. The minimum atomic E-state index is 0.434. The van der Waals surface area contributed by atoms with Gasteiger partial charge in [0, 0.05) is 25.0 Å².